The molecule has 4 aromatic rings. The zero-order valence-corrected chi connectivity index (χ0v) is 20.5. The second-order valence-electron chi connectivity index (χ2n) is 7.94. The molecule has 0 fully saturated rings. The van der Waals surface area contributed by atoms with E-state index in [1.807, 2.05) is 52.0 Å². The van der Waals surface area contributed by atoms with Crippen LogP contribution in [0, 0.1) is 13.8 Å². The SMILES string of the molecule is CC.CC.Cc1ccc2c(c1)C(c1ccc(O)cc1)(c1ccc(O)cc1)c1cc(C)ccc1-2. The van der Waals surface area contributed by atoms with Gasteiger partial charge in [0.05, 0.1) is 5.41 Å². The summed E-state index contributed by atoms with van der Waals surface area (Å²) in [6.45, 7) is 12.2. The number of aryl methyl sites for hydroxylation is 2. The Labute approximate surface area is 198 Å². The van der Waals surface area contributed by atoms with E-state index in [9.17, 15) is 10.2 Å². The molecule has 0 saturated carbocycles. The topological polar surface area (TPSA) is 40.5 Å². The summed E-state index contributed by atoms with van der Waals surface area (Å²) < 4.78 is 0. The van der Waals surface area contributed by atoms with Crippen LogP contribution in [0.15, 0.2) is 84.9 Å². The Hall–Kier alpha value is -3.52. The summed E-state index contributed by atoms with van der Waals surface area (Å²) in [5, 5.41) is 19.9. The molecular formula is C31H34O2. The third-order valence-electron chi connectivity index (χ3n) is 6.05. The van der Waals surface area contributed by atoms with Crippen LogP contribution in [-0.2, 0) is 5.41 Å². The molecule has 2 N–H and O–H groups in total. The summed E-state index contributed by atoms with van der Waals surface area (Å²) in [6.07, 6.45) is 0. The summed E-state index contributed by atoms with van der Waals surface area (Å²) in [6, 6.07) is 28.3. The highest BCUT2D eigenvalue weighted by Gasteiger charge is 2.46. The highest BCUT2D eigenvalue weighted by Crippen LogP contribution is 2.56. The van der Waals surface area contributed by atoms with Crippen LogP contribution in [0.5, 0.6) is 11.5 Å². The third-order valence-corrected chi connectivity index (χ3v) is 6.05. The van der Waals surface area contributed by atoms with E-state index in [1.54, 1.807) is 24.3 Å². The smallest absolute Gasteiger partial charge is 0.115 e. The first-order chi connectivity index (χ1) is 16.0. The Kier molecular flexibility index (Phi) is 7.28. The van der Waals surface area contributed by atoms with Crippen molar-refractivity contribution < 1.29 is 10.2 Å². The molecule has 0 saturated heterocycles. The van der Waals surface area contributed by atoms with E-state index in [2.05, 4.69) is 50.2 Å². The molecule has 0 atom stereocenters. The number of fused-ring (bicyclic) bond motifs is 3. The second kappa shape index (κ2) is 9.95. The molecule has 2 nitrogen and oxygen atoms in total. The van der Waals surface area contributed by atoms with E-state index in [1.165, 1.54) is 33.4 Å². The highest BCUT2D eigenvalue weighted by molar-refractivity contribution is 5.86. The first kappa shape index (κ1) is 24.1. The van der Waals surface area contributed by atoms with Crippen LogP contribution >= 0.6 is 0 Å². The fourth-order valence-corrected chi connectivity index (χ4v) is 4.76. The average molecular weight is 439 g/mol. The van der Waals surface area contributed by atoms with E-state index in [0.717, 1.165) is 11.1 Å². The maximum Gasteiger partial charge on any atom is 0.115 e. The Balaban J connectivity index is 0.000000728. The van der Waals surface area contributed by atoms with Gasteiger partial charge in [-0.05, 0) is 71.5 Å². The van der Waals surface area contributed by atoms with Gasteiger partial charge in [0.2, 0.25) is 0 Å². The number of hydrogen-bond donors (Lipinski definition) is 2. The fraction of sp³-hybridized carbons (Fsp3) is 0.226. The Morgan fingerprint density at radius 3 is 1.15 bits per heavy atom. The van der Waals surface area contributed by atoms with Gasteiger partial charge in [-0.15, -0.1) is 0 Å². The number of rotatable bonds is 2. The largest absolute Gasteiger partial charge is 0.508 e. The van der Waals surface area contributed by atoms with Gasteiger partial charge in [0, 0.05) is 0 Å². The van der Waals surface area contributed by atoms with Gasteiger partial charge in [0.25, 0.3) is 0 Å². The molecule has 0 unspecified atom stereocenters. The Morgan fingerprint density at radius 1 is 0.485 bits per heavy atom. The van der Waals surface area contributed by atoms with Crippen molar-refractivity contribution in [2.24, 2.45) is 0 Å². The van der Waals surface area contributed by atoms with Crippen LogP contribution < -0.4 is 0 Å². The van der Waals surface area contributed by atoms with Gasteiger partial charge in [-0.3, -0.25) is 0 Å². The minimum Gasteiger partial charge on any atom is -0.508 e. The monoisotopic (exact) mass is 438 g/mol. The molecule has 1 aliphatic carbocycles. The van der Waals surface area contributed by atoms with Crippen molar-refractivity contribution >= 4 is 0 Å². The number of aromatic hydroxyl groups is 2. The maximum absolute atomic E-state index is 9.94. The molecule has 0 amide bonds. The molecule has 4 aromatic carbocycles. The van der Waals surface area contributed by atoms with E-state index in [4.69, 9.17) is 0 Å². The predicted octanol–water partition coefficient (Wildman–Crippen LogP) is 8.13. The lowest BCUT2D eigenvalue weighted by molar-refractivity contribution is 0.474. The molecule has 33 heavy (non-hydrogen) atoms. The normalized spacial score (nSPS) is 12.4. The number of phenols is 2. The van der Waals surface area contributed by atoms with Crippen molar-refractivity contribution in [1.29, 1.82) is 0 Å². The van der Waals surface area contributed by atoms with Gasteiger partial charge in [0.15, 0.2) is 0 Å². The van der Waals surface area contributed by atoms with Gasteiger partial charge in [0.1, 0.15) is 11.5 Å². The summed E-state index contributed by atoms with van der Waals surface area (Å²) in [5.74, 6) is 0.503. The molecule has 0 spiro atoms. The van der Waals surface area contributed by atoms with E-state index >= 15 is 0 Å². The van der Waals surface area contributed by atoms with Crippen LogP contribution in [0.2, 0.25) is 0 Å². The molecule has 1 aliphatic rings. The molecule has 0 heterocycles. The van der Waals surface area contributed by atoms with Crippen LogP contribution in [0.4, 0.5) is 0 Å². The predicted molar refractivity (Wildman–Crippen MR) is 139 cm³/mol. The molecule has 5 rings (SSSR count). The minimum absolute atomic E-state index is 0.251. The summed E-state index contributed by atoms with van der Waals surface area (Å²) in [5.41, 5.74) is 9.01. The summed E-state index contributed by atoms with van der Waals surface area (Å²) in [7, 11) is 0. The van der Waals surface area contributed by atoms with E-state index in [0.29, 0.717) is 0 Å². The van der Waals surface area contributed by atoms with Gasteiger partial charge in [-0.1, -0.05) is 99.5 Å². The highest BCUT2D eigenvalue weighted by atomic mass is 16.3. The lowest BCUT2D eigenvalue weighted by atomic mass is 9.67. The van der Waals surface area contributed by atoms with Gasteiger partial charge < -0.3 is 10.2 Å². The molecule has 0 bridgehead atoms. The van der Waals surface area contributed by atoms with Crippen LogP contribution in [0.3, 0.4) is 0 Å². The van der Waals surface area contributed by atoms with Crippen molar-refractivity contribution in [3.05, 3.63) is 118 Å². The third kappa shape index (κ3) is 4.02. The molecular weight excluding hydrogens is 404 g/mol. The first-order valence-electron chi connectivity index (χ1n) is 11.8. The zero-order chi connectivity index (χ0) is 24.2. The molecule has 0 radical (unpaired) electrons. The van der Waals surface area contributed by atoms with Crippen LogP contribution in [0.1, 0.15) is 61.1 Å². The van der Waals surface area contributed by atoms with Crippen molar-refractivity contribution in [1.82, 2.24) is 0 Å². The lowest BCUT2D eigenvalue weighted by Crippen LogP contribution is -2.28. The molecule has 0 aromatic heterocycles. The average Bonchev–Trinajstić information content (AvgIpc) is 3.12. The van der Waals surface area contributed by atoms with Crippen LogP contribution in [0.25, 0.3) is 11.1 Å². The number of hydrogen-bond acceptors (Lipinski definition) is 2. The van der Waals surface area contributed by atoms with Gasteiger partial charge in [-0.2, -0.15) is 0 Å². The van der Waals surface area contributed by atoms with Gasteiger partial charge in [-0.25, -0.2) is 0 Å². The molecule has 170 valence electrons. The van der Waals surface area contributed by atoms with Crippen molar-refractivity contribution in [2.75, 3.05) is 0 Å². The minimum atomic E-state index is -0.510. The first-order valence-corrected chi connectivity index (χ1v) is 11.8. The van der Waals surface area contributed by atoms with E-state index < -0.39 is 5.41 Å². The fourth-order valence-electron chi connectivity index (χ4n) is 4.76. The number of benzene rings is 4. The number of phenolic OH excluding ortho intramolecular Hbond substituents is 2. The van der Waals surface area contributed by atoms with Crippen molar-refractivity contribution in [3.8, 4) is 22.6 Å². The van der Waals surface area contributed by atoms with Crippen LogP contribution in [-0.4, -0.2) is 10.2 Å². The summed E-state index contributed by atoms with van der Waals surface area (Å²) >= 11 is 0. The quantitative estimate of drug-likeness (QED) is 0.292. The van der Waals surface area contributed by atoms with Crippen molar-refractivity contribution in [3.63, 3.8) is 0 Å². The van der Waals surface area contributed by atoms with Gasteiger partial charge >= 0.3 is 0 Å². The Bertz CT molecular complexity index is 1120. The van der Waals surface area contributed by atoms with E-state index in [-0.39, 0.29) is 11.5 Å². The standard InChI is InChI=1S/C27H22O2.2C2H6/c1-17-3-13-23-24-14-4-18(2)16-26(24)27(25(23)15-17,19-5-9-21(28)10-6-19)20-7-11-22(29)12-8-20;2*1-2/h3-16,28-29H,1-2H3;2*1-2H3. The molecule has 2 heteroatoms. The van der Waals surface area contributed by atoms with Crippen molar-refractivity contribution in [2.45, 2.75) is 47.0 Å². The molecule has 0 aliphatic heterocycles. The summed E-state index contributed by atoms with van der Waals surface area (Å²) in [4.78, 5) is 0. The zero-order valence-electron chi connectivity index (χ0n) is 20.5. The lowest BCUT2D eigenvalue weighted by Gasteiger charge is -2.34. The second-order valence-corrected chi connectivity index (χ2v) is 7.94. The Morgan fingerprint density at radius 2 is 0.818 bits per heavy atom. The maximum atomic E-state index is 9.94.